The molecule has 0 radical (unpaired) electrons. The number of hydrogen-bond acceptors (Lipinski definition) is 6. The lowest BCUT2D eigenvalue weighted by Crippen LogP contribution is -2.45. The molecule has 1 aromatic carbocycles. The molecule has 2 rings (SSSR count). The van der Waals surface area contributed by atoms with Crippen LogP contribution in [0.3, 0.4) is 0 Å². The minimum atomic E-state index is -0.719. The van der Waals surface area contributed by atoms with Gasteiger partial charge in [0.2, 0.25) is 5.90 Å². The van der Waals surface area contributed by atoms with Gasteiger partial charge >= 0.3 is 12.1 Å². The molecule has 25 heavy (non-hydrogen) atoms. The first-order valence-electron chi connectivity index (χ1n) is 8.21. The van der Waals surface area contributed by atoms with Gasteiger partial charge in [0, 0.05) is 0 Å². The predicted octanol–water partition coefficient (Wildman–Crippen LogP) is 2.30. The van der Waals surface area contributed by atoms with Crippen molar-refractivity contribution >= 4 is 18.0 Å². The summed E-state index contributed by atoms with van der Waals surface area (Å²) in [5, 5.41) is 2.76. The molecule has 3 atom stereocenters. The van der Waals surface area contributed by atoms with Crippen molar-refractivity contribution in [3.8, 4) is 0 Å². The maximum Gasteiger partial charge on any atom is 0.408 e. The number of carbonyl (C=O) groups excluding carboxylic acids is 2. The Labute approximate surface area is 147 Å². The summed E-state index contributed by atoms with van der Waals surface area (Å²) in [5.41, 5.74) is 0.896. The van der Waals surface area contributed by atoms with Gasteiger partial charge in [-0.05, 0) is 18.4 Å². The van der Waals surface area contributed by atoms with Crippen LogP contribution in [-0.4, -0.2) is 43.3 Å². The summed E-state index contributed by atoms with van der Waals surface area (Å²) in [7, 11) is 1.31. The Morgan fingerprint density at radius 2 is 1.96 bits per heavy atom. The van der Waals surface area contributed by atoms with E-state index in [4.69, 9.17) is 14.2 Å². The SMILES string of the molecule is COC(=O)[C@H]1N=C([C@@H](NC(=O)OCc2ccccc2)C(C)C)O[C@H]1C. The highest BCUT2D eigenvalue weighted by Crippen LogP contribution is 2.19. The molecule has 0 aliphatic carbocycles. The first-order valence-corrected chi connectivity index (χ1v) is 8.21. The van der Waals surface area contributed by atoms with E-state index in [2.05, 4.69) is 10.3 Å². The molecule has 0 aromatic heterocycles. The highest BCUT2D eigenvalue weighted by Gasteiger charge is 2.38. The van der Waals surface area contributed by atoms with Gasteiger partial charge in [0.15, 0.2) is 6.04 Å². The molecular formula is C18H24N2O5. The summed E-state index contributed by atoms with van der Waals surface area (Å²) < 4.78 is 15.6. The minimum Gasteiger partial charge on any atom is -0.474 e. The summed E-state index contributed by atoms with van der Waals surface area (Å²) in [5.74, 6) is -0.141. The summed E-state index contributed by atoms with van der Waals surface area (Å²) >= 11 is 0. The second kappa shape index (κ2) is 8.50. The summed E-state index contributed by atoms with van der Waals surface area (Å²) in [6.45, 7) is 5.75. The summed E-state index contributed by atoms with van der Waals surface area (Å²) in [6, 6.07) is 8.20. The van der Waals surface area contributed by atoms with Crippen LogP contribution < -0.4 is 5.32 Å². The van der Waals surface area contributed by atoms with Crippen molar-refractivity contribution in [2.45, 2.75) is 45.6 Å². The van der Waals surface area contributed by atoms with Crippen LogP contribution in [-0.2, 0) is 25.6 Å². The van der Waals surface area contributed by atoms with Gasteiger partial charge in [-0.2, -0.15) is 0 Å². The van der Waals surface area contributed by atoms with Crippen molar-refractivity contribution < 1.29 is 23.8 Å². The number of amides is 1. The molecular weight excluding hydrogens is 324 g/mol. The lowest BCUT2D eigenvalue weighted by Gasteiger charge is -2.22. The first-order chi connectivity index (χ1) is 11.9. The van der Waals surface area contributed by atoms with E-state index in [1.165, 1.54) is 7.11 Å². The Morgan fingerprint density at radius 3 is 2.56 bits per heavy atom. The average molecular weight is 348 g/mol. The van der Waals surface area contributed by atoms with E-state index >= 15 is 0 Å². The number of benzene rings is 1. The Kier molecular flexibility index (Phi) is 6.38. The number of carbonyl (C=O) groups is 2. The van der Waals surface area contributed by atoms with Gasteiger partial charge in [-0.1, -0.05) is 44.2 Å². The number of hydrogen-bond donors (Lipinski definition) is 1. The minimum absolute atomic E-state index is 0.00613. The zero-order valence-electron chi connectivity index (χ0n) is 14.9. The lowest BCUT2D eigenvalue weighted by atomic mass is 10.0. The Balaban J connectivity index is 1.98. The number of nitrogens with one attached hydrogen (secondary N) is 1. The van der Waals surface area contributed by atoms with Crippen molar-refractivity contribution in [1.29, 1.82) is 0 Å². The van der Waals surface area contributed by atoms with Crippen molar-refractivity contribution in [2.24, 2.45) is 10.9 Å². The normalized spacial score (nSPS) is 20.4. The molecule has 1 heterocycles. The van der Waals surface area contributed by atoms with E-state index in [-0.39, 0.29) is 12.5 Å². The number of methoxy groups -OCH3 is 1. The van der Waals surface area contributed by atoms with Crippen molar-refractivity contribution in [2.75, 3.05) is 7.11 Å². The number of aliphatic imine (C=N–C) groups is 1. The van der Waals surface area contributed by atoms with Crippen LogP contribution in [0.2, 0.25) is 0 Å². The Bertz CT molecular complexity index is 630. The molecule has 0 spiro atoms. The van der Waals surface area contributed by atoms with Gasteiger partial charge in [-0.15, -0.1) is 0 Å². The van der Waals surface area contributed by atoms with Crippen LogP contribution >= 0.6 is 0 Å². The summed E-state index contributed by atoms with van der Waals surface area (Å²) in [4.78, 5) is 28.1. The molecule has 1 aliphatic rings. The zero-order valence-corrected chi connectivity index (χ0v) is 14.9. The smallest absolute Gasteiger partial charge is 0.408 e. The largest absolute Gasteiger partial charge is 0.474 e. The van der Waals surface area contributed by atoms with Gasteiger partial charge in [-0.3, -0.25) is 0 Å². The van der Waals surface area contributed by atoms with Crippen LogP contribution in [0.1, 0.15) is 26.3 Å². The van der Waals surface area contributed by atoms with Gasteiger partial charge in [0.25, 0.3) is 0 Å². The highest BCUT2D eigenvalue weighted by molar-refractivity contribution is 5.91. The van der Waals surface area contributed by atoms with Gasteiger partial charge < -0.3 is 19.5 Å². The van der Waals surface area contributed by atoms with Crippen LogP contribution in [0.4, 0.5) is 4.79 Å². The molecule has 0 saturated carbocycles. The quantitative estimate of drug-likeness (QED) is 0.797. The number of rotatable bonds is 6. The van der Waals surface area contributed by atoms with E-state index in [1.54, 1.807) is 6.92 Å². The second-order valence-electron chi connectivity index (χ2n) is 6.19. The van der Waals surface area contributed by atoms with E-state index in [1.807, 2.05) is 44.2 Å². The number of esters is 1. The highest BCUT2D eigenvalue weighted by atomic mass is 16.6. The molecule has 0 saturated heterocycles. The van der Waals surface area contributed by atoms with E-state index in [0.29, 0.717) is 5.90 Å². The number of nitrogens with zero attached hydrogens (tertiary/aromatic N) is 1. The van der Waals surface area contributed by atoms with Gasteiger partial charge in [0.05, 0.1) is 7.11 Å². The molecule has 0 unspecified atom stereocenters. The molecule has 1 aliphatic heterocycles. The fourth-order valence-corrected chi connectivity index (χ4v) is 2.45. The molecule has 7 nitrogen and oxygen atoms in total. The number of ether oxygens (including phenoxy) is 3. The van der Waals surface area contributed by atoms with E-state index in [9.17, 15) is 9.59 Å². The molecule has 136 valence electrons. The molecule has 1 amide bonds. The van der Waals surface area contributed by atoms with Crippen LogP contribution in [0, 0.1) is 5.92 Å². The Morgan fingerprint density at radius 1 is 1.28 bits per heavy atom. The average Bonchev–Trinajstić information content (AvgIpc) is 2.99. The fourth-order valence-electron chi connectivity index (χ4n) is 2.45. The topological polar surface area (TPSA) is 86.2 Å². The monoisotopic (exact) mass is 348 g/mol. The first kappa shape index (κ1) is 18.8. The zero-order chi connectivity index (χ0) is 18.4. The standard InChI is InChI=1S/C18H24N2O5/c1-11(2)14(16-19-15(12(3)25-16)17(21)23-4)20-18(22)24-10-13-8-6-5-7-9-13/h5-9,11-12,14-15H,10H2,1-4H3,(H,20,22)/t12-,14-,15-/m0/s1. The maximum absolute atomic E-state index is 12.1. The van der Waals surface area contributed by atoms with Crippen molar-refractivity contribution in [3.05, 3.63) is 35.9 Å². The van der Waals surface area contributed by atoms with E-state index < -0.39 is 30.3 Å². The third-order valence-corrected chi connectivity index (χ3v) is 3.88. The predicted molar refractivity (Wildman–Crippen MR) is 92.2 cm³/mol. The molecule has 0 fully saturated rings. The third-order valence-electron chi connectivity index (χ3n) is 3.88. The van der Waals surface area contributed by atoms with Crippen LogP contribution in [0.15, 0.2) is 35.3 Å². The van der Waals surface area contributed by atoms with Crippen LogP contribution in [0.5, 0.6) is 0 Å². The fraction of sp³-hybridized carbons (Fsp3) is 0.500. The molecule has 1 N–H and O–H groups in total. The second-order valence-corrected chi connectivity index (χ2v) is 6.19. The van der Waals surface area contributed by atoms with E-state index in [0.717, 1.165) is 5.56 Å². The third kappa shape index (κ3) is 4.95. The lowest BCUT2D eigenvalue weighted by molar-refractivity contribution is -0.143. The molecule has 0 bridgehead atoms. The molecule has 1 aromatic rings. The van der Waals surface area contributed by atoms with Crippen molar-refractivity contribution in [1.82, 2.24) is 5.32 Å². The number of alkyl carbamates (subject to hydrolysis) is 1. The van der Waals surface area contributed by atoms with Crippen LogP contribution in [0.25, 0.3) is 0 Å². The maximum atomic E-state index is 12.1. The summed E-state index contributed by atoms with van der Waals surface area (Å²) in [6.07, 6.45) is -1.01. The Hall–Kier alpha value is -2.57. The van der Waals surface area contributed by atoms with Gasteiger partial charge in [-0.25, -0.2) is 14.6 Å². The van der Waals surface area contributed by atoms with Gasteiger partial charge in [0.1, 0.15) is 18.8 Å². The molecule has 7 heteroatoms. The van der Waals surface area contributed by atoms with Crippen molar-refractivity contribution in [3.63, 3.8) is 0 Å².